The molecule has 0 spiro atoms. The van der Waals surface area contributed by atoms with E-state index in [0.717, 1.165) is 38.0 Å². The third-order valence-corrected chi connectivity index (χ3v) is 4.86. The van der Waals surface area contributed by atoms with Crippen LogP contribution in [-0.2, 0) is 10.2 Å². The van der Waals surface area contributed by atoms with E-state index in [-0.39, 0.29) is 5.91 Å². The highest BCUT2D eigenvalue weighted by Crippen LogP contribution is 2.35. The van der Waals surface area contributed by atoms with Crippen LogP contribution >= 0.6 is 0 Å². The lowest BCUT2D eigenvalue weighted by molar-refractivity contribution is -0.124. The Kier molecular flexibility index (Phi) is 6.01. The molecule has 22 heavy (non-hydrogen) atoms. The predicted octanol–water partition coefficient (Wildman–Crippen LogP) is 3.33. The summed E-state index contributed by atoms with van der Waals surface area (Å²) in [7, 11) is 0. The SMILES string of the molecule is CC(C)CC(CCN1CCCCC1)(C(N)=O)c1ccccc1. The molecule has 1 aromatic carbocycles. The molecule has 0 saturated carbocycles. The standard InChI is InChI=1S/C19H30N2O/c1-16(2)15-19(18(20)22,17-9-5-3-6-10-17)11-14-21-12-7-4-8-13-21/h3,5-6,9-10,16H,4,7-8,11-15H2,1-2H3,(H2,20,22). The van der Waals surface area contributed by atoms with Crippen LogP contribution in [0.3, 0.4) is 0 Å². The fourth-order valence-corrected chi connectivity index (χ4v) is 3.72. The van der Waals surface area contributed by atoms with Crippen molar-refractivity contribution in [2.24, 2.45) is 11.7 Å². The lowest BCUT2D eigenvalue weighted by Gasteiger charge is -2.36. The average Bonchev–Trinajstić information content (AvgIpc) is 2.52. The highest BCUT2D eigenvalue weighted by Gasteiger charge is 2.39. The molecule has 0 aromatic heterocycles. The summed E-state index contributed by atoms with van der Waals surface area (Å²) < 4.78 is 0. The summed E-state index contributed by atoms with van der Waals surface area (Å²) in [5, 5.41) is 0. The smallest absolute Gasteiger partial charge is 0.228 e. The fraction of sp³-hybridized carbons (Fsp3) is 0.632. The molecule has 1 saturated heterocycles. The first kappa shape index (κ1) is 17.0. The lowest BCUT2D eigenvalue weighted by atomic mass is 9.71. The lowest BCUT2D eigenvalue weighted by Crippen LogP contribution is -2.45. The van der Waals surface area contributed by atoms with Gasteiger partial charge in [-0.05, 0) is 56.8 Å². The van der Waals surface area contributed by atoms with Gasteiger partial charge < -0.3 is 10.6 Å². The Morgan fingerprint density at radius 1 is 1.18 bits per heavy atom. The second kappa shape index (κ2) is 7.77. The van der Waals surface area contributed by atoms with Crippen molar-refractivity contribution < 1.29 is 4.79 Å². The number of carbonyl (C=O) groups is 1. The van der Waals surface area contributed by atoms with Gasteiger partial charge in [0.25, 0.3) is 0 Å². The van der Waals surface area contributed by atoms with Crippen LogP contribution in [0.25, 0.3) is 0 Å². The number of piperidine rings is 1. The van der Waals surface area contributed by atoms with E-state index in [1.54, 1.807) is 0 Å². The first-order valence-corrected chi connectivity index (χ1v) is 8.62. The zero-order chi connectivity index (χ0) is 16.0. The van der Waals surface area contributed by atoms with E-state index in [2.05, 4.69) is 30.9 Å². The molecule has 1 aromatic rings. The molecule has 1 aliphatic heterocycles. The van der Waals surface area contributed by atoms with E-state index < -0.39 is 5.41 Å². The molecular formula is C19H30N2O. The summed E-state index contributed by atoms with van der Waals surface area (Å²) in [6.07, 6.45) is 5.53. The monoisotopic (exact) mass is 302 g/mol. The molecule has 1 atom stereocenters. The van der Waals surface area contributed by atoms with Gasteiger partial charge in [0.2, 0.25) is 5.91 Å². The van der Waals surface area contributed by atoms with E-state index in [4.69, 9.17) is 5.73 Å². The third kappa shape index (κ3) is 4.10. The second-order valence-corrected chi connectivity index (χ2v) is 7.06. The van der Waals surface area contributed by atoms with E-state index in [1.807, 2.05) is 18.2 Å². The van der Waals surface area contributed by atoms with Crippen molar-refractivity contribution in [2.75, 3.05) is 19.6 Å². The van der Waals surface area contributed by atoms with Crippen LogP contribution in [0.2, 0.25) is 0 Å². The molecule has 122 valence electrons. The number of amides is 1. The Bertz CT molecular complexity index is 466. The first-order valence-electron chi connectivity index (χ1n) is 8.62. The zero-order valence-electron chi connectivity index (χ0n) is 14.1. The number of primary amides is 1. The number of likely N-dealkylation sites (tertiary alicyclic amines) is 1. The highest BCUT2D eigenvalue weighted by atomic mass is 16.1. The second-order valence-electron chi connectivity index (χ2n) is 7.06. The van der Waals surface area contributed by atoms with Crippen molar-refractivity contribution in [3.8, 4) is 0 Å². The van der Waals surface area contributed by atoms with Crippen LogP contribution in [-0.4, -0.2) is 30.4 Å². The molecule has 0 aliphatic carbocycles. The minimum absolute atomic E-state index is 0.176. The summed E-state index contributed by atoms with van der Waals surface area (Å²) >= 11 is 0. The number of hydrogen-bond acceptors (Lipinski definition) is 2. The van der Waals surface area contributed by atoms with Crippen LogP contribution in [0.1, 0.15) is 51.5 Å². The molecule has 2 N–H and O–H groups in total. The predicted molar refractivity (Wildman–Crippen MR) is 91.7 cm³/mol. The van der Waals surface area contributed by atoms with Gasteiger partial charge in [0.1, 0.15) is 0 Å². The van der Waals surface area contributed by atoms with Crippen LogP contribution in [0, 0.1) is 5.92 Å². The molecule has 3 nitrogen and oxygen atoms in total. The molecule has 1 aliphatic rings. The number of benzene rings is 1. The van der Waals surface area contributed by atoms with Gasteiger partial charge in [-0.3, -0.25) is 4.79 Å². The van der Waals surface area contributed by atoms with Gasteiger partial charge in [0, 0.05) is 0 Å². The highest BCUT2D eigenvalue weighted by molar-refractivity contribution is 5.86. The van der Waals surface area contributed by atoms with Crippen LogP contribution < -0.4 is 5.73 Å². The van der Waals surface area contributed by atoms with Crippen LogP contribution in [0.5, 0.6) is 0 Å². The maximum absolute atomic E-state index is 12.4. The van der Waals surface area contributed by atoms with Crippen LogP contribution in [0.4, 0.5) is 0 Å². The van der Waals surface area contributed by atoms with Crippen molar-refractivity contribution in [3.05, 3.63) is 35.9 Å². The van der Waals surface area contributed by atoms with E-state index >= 15 is 0 Å². The summed E-state index contributed by atoms with van der Waals surface area (Å²) in [5.41, 5.74) is 6.45. The molecule has 1 fully saturated rings. The Morgan fingerprint density at radius 2 is 1.82 bits per heavy atom. The molecule has 3 heteroatoms. The largest absolute Gasteiger partial charge is 0.369 e. The summed E-state index contributed by atoms with van der Waals surface area (Å²) in [6.45, 7) is 7.62. The van der Waals surface area contributed by atoms with Gasteiger partial charge >= 0.3 is 0 Å². The quantitative estimate of drug-likeness (QED) is 0.839. The average molecular weight is 302 g/mol. The summed E-state index contributed by atoms with van der Waals surface area (Å²) in [4.78, 5) is 14.9. The van der Waals surface area contributed by atoms with Crippen molar-refractivity contribution >= 4 is 5.91 Å². The molecule has 1 unspecified atom stereocenters. The van der Waals surface area contributed by atoms with Crippen molar-refractivity contribution in [1.82, 2.24) is 4.90 Å². The van der Waals surface area contributed by atoms with Gasteiger partial charge in [0.05, 0.1) is 5.41 Å². The molecular weight excluding hydrogens is 272 g/mol. The van der Waals surface area contributed by atoms with E-state index in [0.29, 0.717) is 5.92 Å². The first-order chi connectivity index (χ1) is 10.5. The maximum atomic E-state index is 12.4. The Hall–Kier alpha value is -1.35. The number of nitrogens with zero attached hydrogens (tertiary/aromatic N) is 1. The van der Waals surface area contributed by atoms with Gasteiger partial charge in [-0.1, -0.05) is 50.6 Å². The molecule has 0 radical (unpaired) electrons. The number of rotatable bonds is 7. The maximum Gasteiger partial charge on any atom is 0.228 e. The van der Waals surface area contributed by atoms with E-state index in [1.165, 1.54) is 19.3 Å². The summed E-state index contributed by atoms with van der Waals surface area (Å²) in [6, 6.07) is 10.1. The van der Waals surface area contributed by atoms with Crippen molar-refractivity contribution in [2.45, 2.75) is 51.4 Å². The minimum Gasteiger partial charge on any atom is -0.369 e. The Morgan fingerprint density at radius 3 is 2.36 bits per heavy atom. The van der Waals surface area contributed by atoms with Gasteiger partial charge in [-0.2, -0.15) is 0 Å². The van der Waals surface area contributed by atoms with Crippen LogP contribution in [0.15, 0.2) is 30.3 Å². The van der Waals surface area contributed by atoms with Gasteiger partial charge in [-0.15, -0.1) is 0 Å². The number of carbonyl (C=O) groups excluding carboxylic acids is 1. The van der Waals surface area contributed by atoms with Crippen molar-refractivity contribution in [3.63, 3.8) is 0 Å². The molecule has 2 rings (SSSR count). The topological polar surface area (TPSA) is 46.3 Å². The normalized spacial score (nSPS) is 19.0. The summed E-state index contributed by atoms with van der Waals surface area (Å²) in [5.74, 6) is 0.262. The Balaban J connectivity index is 2.21. The molecule has 1 heterocycles. The fourth-order valence-electron chi connectivity index (χ4n) is 3.72. The zero-order valence-corrected chi connectivity index (χ0v) is 14.1. The van der Waals surface area contributed by atoms with Crippen molar-refractivity contribution in [1.29, 1.82) is 0 Å². The third-order valence-electron chi connectivity index (χ3n) is 4.86. The Labute approximate surface area is 134 Å². The molecule has 0 bridgehead atoms. The van der Waals surface area contributed by atoms with E-state index in [9.17, 15) is 4.79 Å². The number of hydrogen-bond donors (Lipinski definition) is 1. The van der Waals surface area contributed by atoms with Gasteiger partial charge in [-0.25, -0.2) is 0 Å². The minimum atomic E-state index is -0.535. The number of nitrogens with two attached hydrogens (primary N) is 1. The molecule has 1 amide bonds. The van der Waals surface area contributed by atoms with Gasteiger partial charge in [0.15, 0.2) is 0 Å².